The molecule has 3 heteroatoms. The fourth-order valence-electron chi connectivity index (χ4n) is 3.42. The molecule has 1 aromatic carbocycles. The van der Waals surface area contributed by atoms with Crippen LogP contribution in [-0.4, -0.2) is 38.2 Å². The largest absolute Gasteiger partial charge is 0.496 e. The van der Waals surface area contributed by atoms with E-state index >= 15 is 0 Å². The lowest BCUT2D eigenvalue weighted by Crippen LogP contribution is -2.28. The lowest BCUT2D eigenvalue weighted by molar-refractivity contribution is 0.238. The van der Waals surface area contributed by atoms with E-state index in [0.717, 1.165) is 17.6 Å². The van der Waals surface area contributed by atoms with Crippen molar-refractivity contribution in [1.82, 2.24) is 10.2 Å². The van der Waals surface area contributed by atoms with E-state index in [1.54, 1.807) is 7.11 Å². The van der Waals surface area contributed by atoms with Gasteiger partial charge < -0.3 is 10.1 Å². The van der Waals surface area contributed by atoms with Crippen LogP contribution in [0.25, 0.3) is 0 Å². The summed E-state index contributed by atoms with van der Waals surface area (Å²) < 4.78 is 5.48. The number of ether oxygens (including phenoxy) is 1. The van der Waals surface area contributed by atoms with Crippen LogP contribution in [0, 0.1) is 11.8 Å². The molecule has 1 aromatic rings. The molecule has 98 valence electrons. The zero-order valence-electron chi connectivity index (χ0n) is 11.2. The number of rotatable bonds is 3. The molecule has 2 aliphatic rings. The number of nitrogens with one attached hydrogen (secondary N) is 1. The van der Waals surface area contributed by atoms with Crippen molar-refractivity contribution in [3.05, 3.63) is 29.8 Å². The second-order valence-corrected chi connectivity index (χ2v) is 5.55. The van der Waals surface area contributed by atoms with Gasteiger partial charge in [0.15, 0.2) is 0 Å². The van der Waals surface area contributed by atoms with Crippen LogP contribution in [0.4, 0.5) is 0 Å². The molecular weight excluding hydrogens is 224 g/mol. The molecule has 0 saturated carbocycles. The van der Waals surface area contributed by atoms with Crippen molar-refractivity contribution in [3.63, 3.8) is 0 Å². The quantitative estimate of drug-likeness (QED) is 0.881. The third-order valence-corrected chi connectivity index (χ3v) is 4.55. The zero-order valence-corrected chi connectivity index (χ0v) is 11.2. The van der Waals surface area contributed by atoms with Crippen molar-refractivity contribution >= 4 is 0 Å². The number of hydrogen-bond donors (Lipinski definition) is 1. The number of hydrogen-bond acceptors (Lipinski definition) is 3. The van der Waals surface area contributed by atoms with Gasteiger partial charge in [0.2, 0.25) is 0 Å². The van der Waals surface area contributed by atoms with Crippen molar-refractivity contribution in [2.75, 3.05) is 33.3 Å². The lowest BCUT2D eigenvalue weighted by Gasteiger charge is -2.26. The average molecular weight is 246 g/mol. The first kappa shape index (κ1) is 12.0. The maximum atomic E-state index is 5.48. The van der Waals surface area contributed by atoms with Gasteiger partial charge in [0, 0.05) is 24.7 Å². The van der Waals surface area contributed by atoms with Crippen LogP contribution in [0.15, 0.2) is 24.3 Å². The number of fused-ring (bicyclic) bond motifs is 1. The number of benzene rings is 1. The fourth-order valence-corrected chi connectivity index (χ4v) is 3.42. The second kappa shape index (κ2) is 4.90. The summed E-state index contributed by atoms with van der Waals surface area (Å²) >= 11 is 0. The predicted molar refractivity (Wildman–Crippen MR) is 72.8 cm³/mol. The molecule has 3 rings (SSSR count). The van der Waals surface area contributed by atoms with Crippen LogP contribution in [0.3, 0.4) is 0 Å². The van der Waals surface area contributed by atoms with Gasteiger partial charge in [-0.25, -0.2) is 0 Å². The first-order chi connectivity index (χ1) is 8.79. The summed E-state index contributed by atoms with van der Waals surface area (Å²) in [6.07, 6.45) is 0. The first-order valence-corrected chi connectivity index (χ1v) is 6.87. The number of methoxy groups -OCH3 is 1. The van der Waals surface area contributed by atoms with E-state index < -0.39 is 0 Å². The Bertz CT molecular complexity index is 409. The molecule has 0 aliphatic carbocycles. The summed E-state index contributed by atoms with van der Waals surface area (Å²) in [6, 6.07) is 8.84. The van der Waals surface area contributed by atoms with Gasteiger partial charge in [-0.2, -0.15) is 0 Å². The summed E-state index contributed by atoms with van der Waals surface area (Å²) in [5.41, 5.74) is 1.31. The fraction of sp³-hybridized carbons (Fsp3) is 0.600. The molecule has 3 atom stereocenters. The normalized spacial score (nSPS) is 29.2. The van der Waals surface area contributed by atoms with Crippen LogP contribution in [0.1, 0.15) is 18.5 Å². The Labute approximate surface area is 109 Å². The Morgan fingerprint density at radius 3 is 2.56 bits per heavy atom. The second-order valence-electron chi connectivity index (χ2n) is 5.55. The molecule has 0 spiro atoms. The minimum Gasteiger partial charge on any atom is -0.496 e. The van der Waals surface area contributed by atoms with E-state index in [0.29, 0.717) is 6.04 Å². The number of para-hydroxylation sites is 1. The van der Waals surface area contributed by atoms with Crippen molar-refractivity contribution < 1.29 is 4.74 Å². The van der Waals surface area contributed by atoms with E-state index in [1.807, 2.05) is 6.07 Å². The maximum absolute atomic E-state index is 5.48. The Morgan fingerprint density at radius 2 is 1.89 bits per heavy atom. The molecular formula is C15H22N2O. The number of likely N-dealkylation sites (tertiary alicyclic amines) is 1. The molecule has 1 N–H and O–H groups in total. The molecule has 0 aromatic heterocycles. The van der Waals surface area contributed by atoms with E-state index in [4.69, 9.17) is 4.74 Å². The average Bonchev–Trinajstić information content (AvgIpc) is 2.98. The van der Waals surface area contributed by atoms with Crippen LogP contribution < -0.4 is 10.1 Å². The first-order valence-electron chi connectivity index (χ1n) is 6.87. The predicted octanol–water partition coefficient (Wildman–Crippen LogP) is 1.91. The Morgan fingerprint density at radius 1 is 1.22 bits per heavy atom. The van der Waals surface area contributed by atoms with Crippen molar-refractivity contribution in [2.45, 2.75) is 13.0 Å². The third-order valence-electron chi connectivity index (χ3n) is 4.55. The molecule has 2 fully saturated rings. The minimum atomic E-state index is 0.451. The zero-order chi connectivity index (χ0) is 12.5. The highest BCUT2D eigenvalue weighted by molar-refractivity contribution is 5.35. The van der Waals surface area contributed by atoms with Crippen molar-refractivity contribution in [1.29, 1.82) is 0 Å². The Balaban J connectivity index is 1.76. The highest BCUT2D eigenvalue weighted by Gasteiger charge is 2.38. The summed E-state index contributed by atoms with van der Waals surface area (Å²) in [6.45, 7) is 7.12. The molecule has 3 nitrogen and oxygen atoms in total. The van der Waals surface area contributed by atoms with Crippen LogP contribution in [0.2, 0.25) is 0 Å². The molecule has 2 aliphatic heterocycles. The molecule has 0 radical (unpaired) electrons. The molecule has 0 bridgehead atoms. The van der Waals surface area contributed by atoms with E-state index in [-0.39, 0.29) is 0 Å². The lowest BCUT2D eigenvalue weighted by atomic mass is 10.0. The summed E-state index contributed by atoms with van der Waals surface area (Å²) in [5.74, 6) is 2.71. The third kappa shape index (κ3) is 2.02. The highest BCUT2D eigenvalue weighted by atomic mass is 16.5. The molecule has 0 amide bonds. The van der Waals surface area contributed by atoms with Crippen LogP contribution in [0.5, 0.6) is 5.75 Å². The molecule has 2 heterocycles. The minimum absolute atomic E-state index is 0.451. The highest BCUT2D eigenvalue weighted by Crippen LogP contribution is 2.35. The van der Waals surface area contributed by atoms with Gasteiger partial charge in [-0.15, -0.1) is 0 Å². The van der Waals surface area contributed by atoms with Gasteiger partial charge in [-0.3, -0.25) is 4.90 Å². The number of nitrogens with zero attached hydrogens (tertiary/aromatic N) is 1. The van der Waals surface area contributed by atoms with Crippen LogP contribution >= 0.6 is 0 Å². The van der Waals surface area contributed by atoms with Gasteiger partial charge >= 0.3 is 0 Å². The van der Waals surface area contributed by atoms with E-state index in [2.05, 4.69) is 35.3 Å². The van der Waals surface area contributed by atoms with Gasteiger partial charge in [0.25, 0.3) is 0 Å². The SMILES string of the molecule is COc1ccccc1C(C)N1CC2CNCC2C1. The van der Waals surface area contributed by atoms with Crippen LogP contribution in [-0.2, 0) is 0 Å². The summed E-state index contributed by atoms with van der Waals surface area (Å²) in [5, 5.41) is 3.49. The maximum Gasteiger partial charge on any atom is 0.123 e. The molecule has 3 unspecified atom stereocenters. The standard InChI is InChI=1S/C15H22N2O/c1-11(14-5-3-4-6-15(14)18-2)17-9-12-7-16-8-13(12)10-17/h3-6,11-13,16H,7-10H2,1-2H3. The van der Waals surface area contributed by atoms with Crippen molar-refractivity contribution in [2.24, 2.45) is 11.8 Å². The Hall–Kier alpha value is -1.06. The summed E-state index contributed by atoms with van der Waals surface area (Å²) in [7, 11) is 1.76. The van der Waals surface area contributed by atoms with Crippen molar-refractivity contribution in [3.8, 4) is 5.75 Å². The molecule has 18 heavy (non-hydrogen) atoms. The van der Waals surface area contributed by atoms with Gasteiger partial charge in [-0.05, 0) is 37.9 Å². The monoisotopic (exact) mass is 246 g/mol. The smallest absolute Gasteiger partial charge is 0.123 e. The van der Waals surface area contributed by atoms with E-state index in [1.165, 1.54) is 31.7 Å². The van der Waals surface area contributed by atoms with Gasteiger partial charge in [0.1, 0.15) is 5.75 Å². The summed E-state index contributed by atoms with van der Waals surface area (Å²) in [4.78, 5) is 2.61. The molecule has 2 saturated heterocycles. The Kier molecular flexibility index (Phi) is 3.27. The topological polar surface area (TPSA) is 24.5 Å². The van der Waals surface area contributed by atoms with Gasteiger partial charge in [-0.1, -0.05) is 18.2 Å². The van der Waals surface area contributed by atoms with E-state index in [9.17, 15) is 0 Å². The van der Waals surface area contributed by atoms with Gasteiger partial charge in [0.05, 0.1) is 7.11 Å².